The van der Waals surface area contributed by atoms with Gasteiger partial charge in [0.1, 0.15) is 5.84 Å². The number of benzene rings is 1. The molecule has 1 amide bonds. The molecule has 0 fully saturated rings. The zero-order valence-electron chi connectivity index (χ0n) is 17.8. The highest BCUT2D eigenvalue weighted by Gasteiger charge is 2.22. The Kier molecular flexibility index (Phi) is 7.09. The van der Waals surface area contributed by atoms with Crippen LogP contribution in [0.3, 0.4) is 0 Å². The minimum Gasteiger partial charge on any atom is -0.463 e. The van der Waals surface area contributed by atoms with Gasteiger partial charge in [-0.15, -0.1) is 0 Å². The third-order valence-electron chi connectivity index (χ3n) is 4.56. The largest absolute Gasteiger partial charge is 0.463 e. The van der Waals surface area contributed by atoms with E-state index in [-0.39, 0.29) is 18.2 Å². The topological polar surface area (TPSA) is 120 Å². The molecule has 2 heterocycles. The number of hydrogen-bond acceptors (Lipinski definition) is 8. The van der Waals surface area contributed by atoms with Gasteiger partial charge in [-0.3, -0.25) is 9.63 Å². The number of esters is 1. The molecule has 1 aliphatic rings. The Morgan fingerprint density at radius 3 is 2.55 bits per heavy atom. The van der Waals surface area contributed by atoms with Gasteiger partial charge in [-0.05, 0) is 31.1 Å². The first-order valence-electron chi connectivity index (χ1n) is 10.00. The summed E-state index contributed by atoms with van der Waals surface area (Å²) in [5.74, 6) is -0.496. The Balaban J connectivity index is 1.93. The van der Waals surface area contributed by atoms with Crippen molar-refractivity contribution < 1.29 is 19.2 Å². The molecule has 0 aliphatic carbocycles. The van der Waals surface area contributed by atoms with E-state index in [1.54, 1.807) is 18.5 Å². The van der Waals surface area contributed by atoms with E-state index in [1.165, 1.54) is 12.2 Å². The maximum absolute atomic E-state index is 13.0. The lowest BCUT2D eigenvalue weighted by Gasteiger charge is -2.21. The van der Waals surface area contributed by atoms with E-state index in [4.69, 9.17) is 10.6 Å². The van der Waals surface area contributed by atoms with Gasteiger partial charge in [-0.25, -0.2) is 24.8 Å². The van der Waals surface area contributed by atoms with E-state index in [2.05, 4.69) is 19.7 Å². The van der Waals surface area contributed by atoms with E-state index in [1.807, 2.05) is 32.0 Å². The van der Waals surface area contributed by atoms with Gasteiger partial charge >= 0.3 is 5.97 Å². The number of hydrogen-bond donors (Lipinski definition) is 1. The fourth-order valence-corrected chi connectivity index (χ4v) is 3.13. The number of fused-ring (bicyclic) bond motifs is 1. The Morgan fingerprint density at radius 2 is 1.90 bits per heavy atom. The van der Waals surface area contributed by atoms with Crippen molar-refractivity contribution in [2.45, 2.75) is 26.7 Å². The molecular formula is C22H25N5O4. The molecule has 0 bridgehead atoms. The summed E-state index contributed by atoms with van der Waals surface area (Å²) < 4.78 is 4.62. The lowest BCUT2D eigenvalue weighted by Crippen LogP contribution is -2.34. The second-order valence-corrected chi connectivity index (χ2v) is 6.84. The number of carbonyl (C=O) groups is 2. The molecule has 0 spiro atoms. The van der Waals surface area contributed by atoms with Crippen LogP contribution in [0.25, 0.3) is 17.2 Å². The number of amides is 1. The molecule has 0 saturated carbocycles. The molecule has 1 aromatic heterocycles. The molecule has 0 atom stereocenters. The normalized spacial score (nSPS) is 12.9. The number of hydroxylamine groups is 2. The van der Waals surface area contributed by atoms with Crippen molar-refractivity contribution in [2.24, 2.45) is 10.7 Å². The first-order valence-corrected chi connectivity index (χ1v) is 10.00. The van der Waals surface area contributed by atoms with Crippen LogP contribution < -0.4 is 5.73 Å². The highest BCUT2D eigenvalue weighted by Crippen LogP contribution is 2.31. The summed E-state index contributed by atoms with van der Waals surface area (Å²) >= 11 is 0. The van der Waals surface area contributed by atoms with Gasteiger partial charge in [0.05, 0.1) is 19.4 Å². The number of aliphatic imine (C=N–C) groups is 1. The number of amidine groups is 1. The second-order valence-electron chi connectivity index (χ2n) is 6.84. The van der Waals surface area contributed by atoms with Crippen LogP contribution in [0.4, 0.5) is 5.69 Å². The molecule has 162 valence electrons. The van der Waals surface area contributed by atoms with Gasteiger partial charge in [-0.2, -0.15) is 0 Å². The predicted octanol–water partition coefficient (Wildman–Crippen LogP) is 2.90. The van der Waals surface area contributed by atoms with Crippen molar-refractivity contribution in [1.82, 2.24) is 15.0 Å². The third kappa shape index (κ3) is 5.13. The van der Waals surface area contributed by atoms with Gasteiger partial charge < -0.3 is 10.5 Å². The standard InChI is InChI=1S/C22H25N5O4/c1-4-8-27(31-5-2)21(28)16-9-15-7-6-14(10-18(15)26-19(23)11-16)17-12-24-20(25-13-17)22(29)30-3/h6-7,9-10,12-13H,4-5,8,11H2,1-3H3,(H2,23,26). The minimum absolute atomic E-state index is 0.0136. The molecule has 2 aromatic rings. The number of ether oxygens (including phenoxy) is 1. The SMILES string of the molecule is CCCN(OCC)C(=O)C1=Cc2ccc(-c3cnc(C(=O)OC)nc3)cc2N=C(N)C1. The van der Waals surface area contributed by atoms with Crippen LogP contribution in [0.1, 0.15) is 42.9 Å². The zero-order chi connectivity index (χ0) is 22.4. The molecule has 9 nitrogen and oxygen atoms in total. The van der Waals surface area contributed by atoms with Crippen LogP contribution in [0.5, 0.6) is 0 Å². The highest BCUT2D eigenvalue weighted by atomic mass is 16.7. The van der Waals surface area contributed by atoms with Crippen molar-refractivity contribution in [2.75, 3.05) is 20.3 Å². The molecule has 0 saturated heterocycles. The quantitative estimate of drug-likeness (QED) is 0.537. The number of aromatic nitrogens is 2. The molecular weight excluding hydrogens is 398 g/mol. The zero-order valence-corrected chi connectivity index (χ0v) is 17.8. The number of nitrogens with zero attached hydrogens (tertiary/aromatic N) is 4. The molecule has 1 aliphatic heterocycles. The van der Waals surface area contributed by atoms with Crippen molar-refractivity contribution in [3.8, 4) is 11.1 Å². The lowest BCUT2D eigenvalue weighted by atomic mass is 10.0. The second kappa shape index (κ2) is 9.94. The molecule has 3 rings (SSSR count). The summed E-state index contributed by atoms with van der Waals surface area (Å²) in [6.07, 6.45) is 5.89. The summed E-state index contributed by atoms with van der Waals surface area (Å²) in [4.78, 5) is 42.5. The Bertz CT molecular complexity index is 1020. The van der Waals surface area contributed by atoms with E-state index >= 15 is 0 Å². The van der Waals surface area contributed by atoms with Crippen molar-refractivity contribution in [1.29, 1.82) is 0 Å². The summed E-state index contributed by atoms with van der Waals surface area (Å²) in [5, 5.41) is 1.37. The Labute approximate surface area is 180 Å². The molecule has 2 N–H and O–H groups in total. The summed E-state index contributed by atoms with van der Waals surface area (Å²) in [5.41, 5.74) is 9.53. The smallest absolute Gasteiger partial charge is 0.376 e. The van der Waals surface area contributed by atoms with Crippen molar-refractivity contribution in [3.63, 3.8) is 0 Å². The van der Waals surface area contributed by atoms with Crippen LogP contribution in [0.15, 0.2) is 41.2 Å². The van der Waals surface area contributed by atoms with Crippen molar-refractivity contribution >= 4 is 29.5 Å². The number of rotatable bonds is 7. The van der Waals surface area contributed by atoms with Crippen LogP contribution in [0.2, 0.25) is 0 Å². The monoisotopic (exact) mass is 423 g/mol. The van der Waals surface area contributed by atoms with Gasteiger partial charge in [0.2, 0.25) is 5.82 Å². The summed E-state index contributed by atoms with van der Waals surface area (Å²) in [6, 6.07) is 5.57. The maximum Gasteiger partial charge on any atom is 0.376 e. The summed E-state index contributed by atoms with van der Waals surface area (Å²) in [7, 11) is 1.27. The van der Waals surface area contributed by atoms with Crippen molar-refractivity contribution in [3.05, 3.63) is 47.6 Å². The van der Waals surface area contributed by atoms with Gasteiger partial charge in [0.15, 0.2) is 0 Å². The van der Waals surface area contributed by atoms with Crippen LogP contribution >= 0.6 is 0 Å². The Morgan fingerprint density at radius 1 is 1.16 bits per heavy atom. The fourth-order valence-electron chi connectivity index (χ4n) is 3.13. The first kappa shape index (κ1) is 22.1. The van der Waals surface area contributed by atoms with E-state index in [9.17, 15) is 9.59 Å². The average molecular weight is 423 g/mol. The number of methoxy groups -OCH3 is 1. The molecule has 1 aromatic carbocycles. The van der Waals surface area contributed by atoms with Gasteiger partial charge in [0, 0.05) is 42.1 Å². The minimum atomic E-state index is -0.600. The lowest BCUT2D eigenvalue weighted by molar-refractivity contribution is -0.180. The van der Waals surface area contributed by atoms with E-state index in [0.717, 1.165) is 17.5 Å². The van der Waals surface area contributed by atoms with E-state index < -0.39 is 5.97 Å². The predicted molar refractivity (Wildman–Crippen MR) is 116 cm³/mol. The van der Waals surface area contributed by atoms with E-state index in [0.29, 0.717) is 35.8 Å². The summed E-state index contributed by atoms with van der Waals surface area (Å²) in [6.45, 7) is 4.72. The van der Waals surface area contributed by atoms with Crippen LogP contribution in [-0.2, 0) is 14.4 Å². The van der Waals surface area contributed by atoms with Crippen LogP contribution in [-0.4, -0.2) is 53.0 Å². The molecule has 0 radical (unpaired) electrons. The van der Waals surface area contributed by atoms with Crippen LogP contribution in [0, 0.1) is 0 Å². The Hall–Kier alpha value is -3.59. The van der Waals surface area contributed by atoms with Gasteiger partial charge in [-0.1, -0.05) is 19.1 Å². The number of carbonyl (C=O) groups excluding carboxylic acids is 2. The van der Waals surface area contributed by atoms with Gasteiger partial charge in [0.25, 0.3) is 5.91 Å². The molecule has 9 heteroatoms. The molecule has 0 unspecified atom stereocenters. The maximum atomic E-state index is 13.0. The third-order valence-corrected chi connectivity index (χ3v) is 4.56. The first-order chi connectivity index (χ1) is 15.0. The fraction of sp³-hybridized carbons (Fsp3) is 0.318. The molecule has 31 heavy (non-hydrogen) atoms. The highest BCUT2D eigenvalue weighted by molar-refractivity contribution is 6.05. The number of nitrogens with two attached hydrogens (primary N) is 1. The average Bonchev–Trinajstić information content (AvgIpc) is 2.95.